The summed E-state index contributed by atoms with van der Waals surface area (Å²) in [5.74, 6) is 0.517. The lowest BCUT2D eigenvalue weighted by atomic mass is 10.0. The van der Waals surface area contributed by atoms with E-state index in [2.05, 4.69) is 51.6 Å². The quantitative estimate of drug-likeness (QED) is 0.590. The Kier molecular flexibility index (Phi) is 3.56. The van der Waals surface area contributed by atoms with Gasteiger partial charge in [-0.1, -0.05) is 42.5 Å². The zero-order valence-electron chi connectivity index (χ0n) is 13.0. The molecule has 0 atom stereocenters. The van der Waals surface area contributed by atoms with Crippen LogP contribution in [0.1, 0.15) is 11.3 Å². The van der Waals surface area contributed by atoms with Gasteiger partial charge in [-0.2, -0.15) is 5.10 Å². The van der Waals surface area contributed by atoms with Gasteiger partial charge in [0.1, 0.15) is 5.82 Å². The van der Waals surface area contributed by atoms with Gasteiger partial charge in [-0.15, -0.1) is 0 Å². The van der Waals surface area contributed by atoms with E-state index in [1.807, 2.05) is 36.4 Å². The van der Waals surface area contributed by atoms with Gasteiger partial charge in [0.05, 0.1) is 11.2 Å². The van der Waals surface area contributed by atoms with Crippen LogP contribution in [0.15, 0.2) is 66.9 Å². The van der Waals surface area contributed by atoms with Crippen LogP contribution in [0.2, 0.25) is 0 Å². The Morgan fingerprint density at radius 2 is 1.71 bits per heavy atom. The normalized spacial score (nSPS) is 11.3. The number of nitrogen functional groups attached to an aromatic ring is 1. The van der Waals surface area contributed by atoms with E-state index >= 15 is 0 Å². The molecule has 116 valence electrons. The second-order valence-electron chi connectivity index (χ2n) is 5.58. The minimum absolute atomic E-state index is 0.517. The third kappa shape index (κ3) is 2.77. The van der Waals surface area contributed by atoms with Crippen molar-refractivity contribution in [3.63, 3.8) is 0 Å². The number of aromatic amines is 1. The molecule has 4 rings (SSSR count). The second kappa shape index (κ2) is 6.01. The fourth-order valence-electron chi connectivity index (χ4n) is 2.71. The van der Waals surface area contributed by atoms with Crippen LogP contribution >= 0.6 is 0 Å². The fourth-order valence-corrected chi connectivity index (χ4v) is 2.71. The SMILES string of the molecule is Nc1cc(-c2ccc3c(/C=C/c4ccccc4)n[nH]c3c2)ccn1. The number of hydrogen-bond donors (Lipinski definition) is 2. The average molecular weight is 312 g/mol. The maximum Gasteiger partial charge on any atom is 0.123 e. The lowest BCUT2D eigenvalue weighted by Gasteiger charge is -2.02. The summed E-state index contributed by atoms with van der Waals surface area (Å²) in [4.78, 5) is 4.03. The minimum atomic E-state index is 0.517. The van der Waals surface area contributed by atoms with Gasteiger partial charge in [0.15, 0.2) is 0 Å². The Hall–Kier alpha value is -3.40. The van der Waals surface area contributed by atoms with E-state index in [1.165, 1.54) is 0 Å². The molecule has 4 nitrogen and oxygen atoms in total. The van der Waals surface area contributed by atoms with Gasteiger partial charge in [0.2, 0.25) is 0 Å². The van der Waals surface area contributed by atoms with Crippen molar-refractivity contribution in [1.29, 1.82) is 0 Å². The topological polar surface area (TPSA) is 67.6 Å². The molecule has 4 aromatic rings. The van der Waals surface area contributed by atoms with Gasteiger partial charge in [0.25, 0.3) is 0 Å². The van der Waals surface area contributed by atoms with Gasteiger partial charge < -0.3 is 5.73 Å². The van der Waals surface area contributed by atoms with Crippen molar-refractivity contribution in [1.82, 2.24) is 15.2 Å². The van der Waals surface area contributed by atoms with E-state index in [0.717, 1.165) is 33.3 Å². The molecule has 0 saturated carbocycles. The van der Waals surface area contributed by atoms with Crippen LogP contribution < -0.4 is 5.73 Å². The lowest BCUT2D eigenvalue weighted by Crippen LogP contribution is -1.89. The summed E-state index contributed by atoms with van der Waals surface area (Å²) in [5.41, 5.74) is 11.0. The Morgan fingerprint density at radius 3 is 2.54 bits per heavy atom. The standard InChI is InChI=1S/C20H16N4/c21-20-13-16(10-11-22-20)15-7-8-17-18(23-24-19(17)12-15)9-6-14-4-2-1-3-5-14/h1-13H,(H2,21,22)(H,23,24)/b9-6+. The molecule has 2 heterocycles. The van der Waals surface area contributed by atoms with Crippen LogP contribution in [0.5, 0.6) is 0 Å². The number of hydrogen-bond acceptors (Lipinski definition) is 3. The smallest absolute Gasteiger partial charge is 0.123 e. The molecule has 2 aromatic carbocycles. The van der Waals surface area contributed by atoms with Crippen molar-refractivity contribution in [2.45, 2.75) is 0 Å². The molecule has 0 spiro atoms. The van der Waals surface area contributed by atoms with Gasteiger partial charge in [-0.25, -0.2) is 4.98 Å². The van der Waals surface area contributed by atoms with Crippen molar-refractivity contribution < 1.29 is 0 Å². The molecule has 4 heteroatoms. The maximum atomic E-state index is 5.77. The van der Waals surface area contributed by atoms with Crippen LogP contribution in [0.4, 0.5) is 5.82 Å². The van der Waals surface area contributed by atoms with Gasteiger partial charge in [-0.05, 0) is 47.0 Å². The molecule has 0 aliphatic carbocycles. The third-order valence-corrected chi connectivity index (χ3v) is 3.94. The molecule has 0 aliphatic rings. The molecular weight excluding hydrogens is 296 g/mol. The number of anilines is 1. The summed E-state index contributed by atoms with van der Waals surface area (Å²) in [6.07, 6.45) is 5.81. The molecule has 0 aliphatic heterocycles. The number of nitrogens with one attached hydrogen (secondary N) is 1. The van der Waals surface area contributed by atoms with Crippen LogP contribution in [-0.4, -0.2) is 15.2 Å². The van der Waals surface area contributed by atoms with Crippen molar-refractivity contribution in [2.75, 3.05) is 5.73 Å². The summed E-state index contributed by atoms with van der Waals surface area (Å²) >= 11 is 0. The largest absolute Gasteiger partial charge is 0.384 e. The van der Waals surface area contributed by atoms with Crippen molar-refractivity contribution in [3.05, 3.63) is 78.1 Å². The number of aromatic nitrogens is 3. The fraction of sp³-hybridized carbons (Fsp3) is 0. The molecule has 2 aromatic heterocycles. The number of fused-ring (bicyclic) bond motifs is 1. The highest BCUT2D eigenvalue weighted by Gasteiger charge is 2.05. The van der Waals surface area contributed by atoms with E-state index in [9.17, 15) is 0 Å². The molecule has 0 saturated heterocycles. The first kappa shape index (κ1) is 14.2. The number of H-pyrrole nitrogens is 1. The first-order valence-corrected chi connectivity index (χ1v) is 7.73. The van der Waals surface area contributed by atoms with Crippen molar-refractivity contribution >= 4 is 28.9 Å². The predicted octanol–water partition coefficient (Wildman–Crippen LogP) is 4.38. The summed E-state index contributed by atoms with van der Waals surface area (Å²) in [7, 11) is 0. The second-order valence-corrected chi connectivity index (χ2v) is 5.58. The molecule has 0 unspecified atom stereocenters. The highest BCUT2D eigenvalue weighted by atomic mass is 15.1. The summed E-state index contributed by atoms with van der Waals surface area (Å²) in [6.45, 7) is 0. The first-order valence-electron chi connectivity index (χ1n) is 7.73. The Balaban J connectivity index is 1.69. The van der Waals surface area contributed by atoms with E-state index in [1.54, 1.807) is 6.20 Å². The van der Waals surface area contributed by atoms with E-state index in [0.29, 0.717) is 5.82 Å². The first-order chi connectivity index (χ1) is 11.8. The van der Waals surface area contributed by atoms with Gasteiger partial charge in [-0.3, -0.25) is 5.10 Å². The summed E-state index contributed by atoms with van der Waals surface area (Å²) in [5, 5.41) is 8.61. The Labute approximate surface area is 139 Å². The Morgan fingerprint density at radius 1 is 0.875 bits per heavy atom. The molecule has 0 fully saturated rings. The van der Waals surface area contributed by atoms with Crippen LogP contribution in [0, 0.1) is 0 Å². The van der Waals surface area contributed by atoms with E-state index in [-0.39, 0.29) is 0 Å². The zero-order valence-corrected chi connectivity index (χ0v) is 13.0. The van der Waals surface area contributed by atoms with Crippen LogP contribution in [0.3, 0.4) is 0 Å². The van der Waals surface area contributed by atoms with Gasteiger partial charge >= 0.3 is 0 Å². The van der Waals surface area contributed by atoms with E-state index in [4.69, 9.17) is 5.73 Å². The van der Waals surface area contributed by atoms with Crippen LogP contribution in [-0.2, 0) is 0 Å². The molecule has 3 N–H and O–H groups in total. The van der Waals surface area contributed by atoms with Gasteiger partial charge in [0, 0.05) is 11.6 Å². The minimum Gasteiger partial charge on any atom is -0.384 e. The van der Waals surface area contributed by atoms with Crippen LogP contribution in [0.25, 0.3) is 34.2 Å². The maximum absolute atomic E-state index is 5.77. The average Bonchev–Trinajstić information content (AvgIpc) is 3.03. The molecule has 0 amide bonds. The van der Waals surface area contributed by atoms with Crippen molar-refractivity contribution in [2.24, 2.45) is 0 Å². The summed E-state index contributed by atoms with van der Waals surface area (Å²) in [6, 6.07) is 20.2. The van der Waals surface area contributed by atoms with Crippen molar-refractivity contribution in [3.8, 4) is 11.1 Å². The number of rotatable bonds is 3. The monoisotopic (exact) mass is 312 g/mol. The predicted molar refractivity (Wildman–Crippen MR) is 99.1 cm³/mol. The zero-order chi connectivity index (χ0) is 16.4. The highest BCUT2D eigenvalue weighted by molar-refractivity contribution is 5.92. The summed E-state index contributed by atoms with van der Waals surface area (Å²) < 4.78 is 0. The highest BCUT2D eigenvalue weighted by Crippen LogP contribution is 2.26. The molecular formula is C20H16N4. The lowest BCUT2D eigenvalue weighted by molar-refractivity contribution is 1.11. The number of nitrogens with zero attached hydrogens (tertiary/aromatic N) is 2. The molecule has 24 heavy (non-hydrogen) atoms. The Bertz CT molecular complexity index is 1020. The molecule has 0 bridgehead atoms. The van der Waals surface area contributed by atoms with E-state index < -0.39 is 0 Å². The number of benzene rings is 2. The number of pyridine rings is 1. The molecule has 0 radical (unpaired) electrons. The third-order valence-electron chi connectivity index (χ3n) is 3.94. The number of nitrogens with two attached hydrogens (primary N) is 1.